The molecular weight excluding hydrogens is 704 g/mol. The first-order valence-corrected chi connectivity index (χ1v) is 19.5. The van der Waals surface area contributed by atoms with E-state index in [-0.39, 0.29) is 90.6 Å². The Morgan fingerprint density at radius 1 is 1.00 bits per heavy atom. The molecule has 17 heteroatoms. The largest absolute Gasteiger partial charge is 0.356 e. The predicted molar refractivity (Wildman–Crippen MR) is 193 cm³/mol. The van der Waals surface area contributed by atoms with Crippen molar-refractivity contribution in [2.75, 3.05) is 81.8 Å². The Hall–Kier alpha value is -2.99. The van der Waals surface area contributed by atoms with E-state index < -0.39 is 21.9 Å². The minimum absolute atomic E-state index is 0.0701. The van der Waals surface area contributed by atoms with Crippen LogP contribution in [0.1, 0.15) is 44.1 Å². The van der Waals surface area contributed by atoms with Crippen molar-refractivity contribution in [1.29, 1.82) is 0 Å². The van der Waals surface area contributed by atoms with E-state index in [2.05, 4.69) is 15.2 Å². The van der Waals surface area contributed by atoms with Gasteiger partial charge < -0.3 is 37.2 Å². The lowest BCUT2D eigenvalue weighted by atomic mass is 9.77. The average Bonchev–Trinajstić information content (AvgIpc) is 3.47. The number of hydrogen-bond acceptors (Lipinski definition) is 10. The minimum Gasteiger partial charge on any atom is -0.356 e. The Kier molecular flexibility index (Phi) is 13.2. The second kappa shape index (κ2) is 17.2. The van der Waals surface area contributed by atoms with E-state index in [0.717, 1.165) is 26.1 Å². The Morgan fingerprint density at radius 2 is 1.65 bits per heavy atom. The molecule has 2 amide bonds. The van der Waals surface area contributed by atoms with E-state index in [4.69, 9.17) is 28.8 Å². The molecule has 282 valence electrons. The van der Waals surface area contributed by atoms with Crippen LogP contribution in [-0.4, -0.2) is 112 Å². The summed E-state index contributed by atoms with van der Waals surface area (Å²) in [5.74, 6) is -4.40. The van der Waals surface area contributed by atoms with Gasteiger partial charge >= 0.3 is 0 Å². The summed E-state index contributed by atoms with van der Waals surface area (Å²) in [5, 5.41) is 2.89. The SMILES string of the molecule is NCCN(CCN)CCCNC(=O)[C@H]1CC[C@H](C(F)(F)c2cc(Cl)nc(N3CCN(S(=O)(=O)c4ccc(N5C[C@H](N)CC5=O)cc4)CC3)c2)CC1. The highest BCUT2D eigenvalue weighted by Crippen LogP contribution is 2.46. The Morgan fingerprint density at radius 3 is 2.24 bits per heavy atom. The number of nitrogens with one attached hydrogen (secondary N) is 1. The molecule has 0 unspecified atom stereocenters. The van der Waals surface area contributed by atoms with Crippen molar-refractivity contribution < 1.29 is 26.8 Å². The lowest BCUT2D eigenvalue weighted by molar-refractivity contribution is -0.129. The lowest BCUT2D eigenvalue weighted by Gasteiger charge is -2.36. The number of nitrogens with two attached hydrogens (primary N) is 3. The summed E-state index contributed by atoms with van der Waals surface area (Å²) in [4.78, 5) is 34.8. The molecule has 51 heavy (non-hydrogen) atoms. The van der Waals surface area contributed by atoms with Gasteiger partial charge in [-0.3, -0.25) is 9.59 Å². The fourth-order valence-electron chi connectivity index (χ4n) is 7.24. The fourth-order valence-corrected chi connectivity index (χ4v) is 8.87. The molecule has 1 aliphatic carbocycles. The predicted octanol–water partition coefficient (Wildman–Crippen LogP) is 1.93. The average molecular weight is 754 g/mol. The maximum Gasteiger partial charge on any atom is 0.276 e. The van der Waals surface area contributed by atoms with Crippen LogP contribution in [0.3, 0.4) is 0 Å². The van der Waals surface area contributed by atoms with Crippen LogP contribution in [0.25, 0.3) is 0 Å². The number of nitrogens with zero attached hydrogens (tertiary/aromatic N) is 5. The first kappa shape index (κ1) is 39.2. The summed E-state index contributed by atoms with van der Waals surface area (Å²) in [6.45, 7) is 4.92. The topological polar surface area (TPSA) is 184 Å². The molecule has 1 aromatic carbocycles. The van der Waals surface area contributed by atoms with Crippen LogP contribution in [0.5, 0.6) is 0 Å². The number of anilines is 2. The zero-order valence-corrected chi connectivity index (χ0v) is 30.4. The van der Waals surface area contributed by atoms with Crippen LogP contribution < -0.4 is 32.3 Å². The zero-order valence-electron chi connectivity index (χ0n) is 28.9. The molecular formula is C34H50ClF2N9O4S. The van der Waals surface area contributed by atoms with Crippen molar-refractivity contribution in [2.24, 2.45) is 29.0 Å². The van der Waals surface area contributed by atoms with Gasteiger partial charge in [-0.2, -0.15) is 4.31 Å². The third kappa shape index (κ3) is 9.52. The summed E-state index contributed by atoms with van der Waals surface area (Å²) in [6.07, 6.45) is 2.13. The third-order valence-electron chi connectivity index (χ3n) is 10.1. The highest BCUT2D eigenvalue weighted by atomic mass is 35.5. The summed E-state index contributed by atoms with van der Waals surface area (Å²) in [6, 6.07) is 8.43. The third-order valence-corrected chi connectivity index (χ3v) is 12.2. The number of aromatic nitrogens is 1. The molecule has 0 bridgehead atoms. The van der Waals surface area contributed by atoms with Crippen LogP contribution in [0, 0.1) is 11.8 Å². The molecule has 3 heterocycles. The number of hydrogen-bond donors (Lipinski definition) is 4. The summed E-state index contributed by atoms with van der Waals surface area (Å²) >= 11 is 6.27. The summed E-state index contributed by atoms with van der Waals surface area (Å²) < 4.78 is 60.2. The smallest absolute Gasteiger partial charge is 0.276 e. The Bertz CT molecular complexity index is 1600. The number of pyridine rings is 1. The summed E-state index contributed by atoms with van der Waals surface area (Å²) in [7, 11) is -3.84. The van der Waals surface area contributed by atoms with Gasteiger partial charge in [-0.1, -0.05) is 11.6 Å². The normalized spacial score (nSPS) is 22.2. The van der Waals surface area contributed by atoms with E-state index in [1.54, 1.807) is 21.9 Å². The van der Waals surface area contributed by atoms with Gasteiger partial charge in [0.2, 0.25) is 21.8 Å². The van der Waals surface area contributed by atoms with E-state index >= 15 is 8.78 Å². The van der Waals surface area contributed by atoms with Crippen LogP contribution in [0.2, 0.25) is 5.15 Å². The maximum absolute atomic E-state index is 16.0. The first-order chi connectivity index (χ1) is 24.3. The maximum atomic E-state index is 16.0. The molecule has 13 nitrogen and oxygen atoms in total. The van der Waals surface area contributed by atoms with Crippen molar-refractivity contribution in [3.8, 4) is 0 Å². The van der Waals surface area contributed by atoms with Crippen molar-refractivity contribution in [3.63, 3.8) is 0 Å². The number of piperazine rings is 1. The van der Waals surface area contributed by atoms with Crippen molar-refractivity contribution in [3.05, 3.63) is 47.1 Å². The molecule has 2 aromatic rings. The number of carbonyl (C=O) groups excluding carboxylic acids is 2. The van der Waals surface area contributed by atoms with Gasteiger partial charge in [0.25, 0.3) is 5.92 Å². The van der Waals surface area contributed by atoms with E-state index in [0.29, 0.717) is 44.7 Å². The van der Waals surface area contributed by atoms with Gasteiger partial charge in [-0.25, -0.2) is 22.2 Å². The van der Waals surface area contributed by atoms with Gasteiger partial charge in [-0.05, 0) is 75.0 Å². The molecule has 0 spiro atoms. The quantitative estimate of drug-likeness (QED) is 0.155. The lowest BCUT2D eigenvalue weighted by Crippen LogP contribution is -2.49. The zero-order chi connectivity index (χ0) is 36.8. The number of alkyl halides is 2. The van der Waals surface area contributed by atoms with E-state index in [1.165, 1.54) is 28.6 Å². The van der Waals surface area contributed by atoms with Crippen molar-refractivity contribution in [2.45, 2.75) is 55.4 Å². The van der Waals surface area contributed by atoms with Gasteiger partial charge in [0.1, 0.15) is 11.0 Å². The first-order valence-electron chi connectivity index (χ1n) is 17.7. The van der Waals surface area contributed by atoms with E-state index in [1.807, 2.05) is 0 Å². The highest BCUT2D eigenvalue weighted by Gasteiger charge is 2.44. The van der Waals surface area contributed by atoms with E-state index in [9.17, 15) is 18.0 Å². The molecule has 5 rings (SSSR count). The number of amides is 2. The molecule has 1 aromatic heterocycles. The second-order valence-electron chi connectivity index (χ2n) is 13.6. The number of sulfonamides is 1. The van der Waals surface area contributed by atoms with Gasteiger partial charge in [0, 0.05) is 101 Å². The van der Waals surface area contributed by atoms with Crippen molar-refractivity contribution >= 4 is 44.9 Å². The van der Waals surface area contributed by atoms with Crippen LogP contribution in [0.15, 0.2) is 41.3 Å². The molecule has 3 aliphatic rings. The van der Waals surface area contributed by atoms with Gasteiger partial charge in [0.15, 0.2) is 0 Å². The van der Waals surface area contributed by atoms with Crippen molar-refractivity contribution in [1.82, 2.24) is 19.5 Å². The number of halogens is 3. The monoisotopic (exact) mass is 753 g/mol. The molecule has 1 atom stereocenters. The highest BCUT2D eigenvalue weighted by molar-refractivity contribution is 7.89. The standard InChI is InChI=1S/C34H50ClF2N9O4S/c35-30-20-26(34(36,37)25-4-2-24(3-5-25)33(48)41-12-1-13-43(14-10-38)15-11-39)21-31(42-30)44-16-18-45(19-17-44)51(49,50)29-8-6-28(7-9-29)46-23-27(40)22-32(46)47/h6-9,20-21,24-25,27H,1-5,10-19,22-23,38-40H2,(H,41,48)/t24-,25-,27-/m1/s1. The molecule has 0 radical (unpaired) electrons. The number of benzene rings is 1. The molecule has 3 fully saturated rings. The molecule has 1 saturated carbocycles. The van der Waals surface area contributed by atoms with Gasteiger partial charge in [0.05, 0.1) is 4.90 Å². The Balaban J connectivity index is 1.13. The van der Waals surface area contributed by atoms with Crippen LogP contribution in [-0.2, 0) is 25.5 Å². The van der Waals surface area contributed by atoms with Crippen LogP contribution >= 0.6 is 11.6 Å². The second-order valence-corrected chi connectivity index (χ2v) is 16.0. The number of rotatable bonds is 15. The minimum atomic E-state index is -3.84. The van der Waals surface area contributed by atoms with Crippen LogP contribution in [0.4, 0.5) is 20.3 Å². The molecule has 2 saturated heterocycles. The molecule has 2 aliphatic heterocycles. The van der Waals surface area contributed by atoms with Gasteiger partial charge in [-0.15, -0.1) is 0 Å². The summed E-state index contributed by atoms with van der Waals surface area (Å²) in [5.41, 5.74) is 17.5. The number of carbonyl (C=O) groups is 2. The molecule has 7 N–H and O–H groups in total. The Labute approximate surface area is 303 Å². The fraction of sp³-hybridized carbons (Fsp3) is 0.618.